The summed E-state index contributed by atoms with van der Waals surface area (Å²) in [5.74, 6) is 1.40. The Labute approximate surface area is 190 Å². The largest absolute Gasteiger partial charge is 0.497 e. The van der Waals surface area contributed by atoms with E-state index < -0.39 is 0 Å². The van der Waals surface area contributed by atoms with Gasteiger partial charge in [-0.15, -0.1) is 24.0 Å². The Balaban J connectivity index is 0.00000420. The molecule has 0 saturated heterocycles. The number of benzene rings is 2. The number of hydrogen-bond donors (Lipinski definition) is 2. The standard InChI is InChI=1S/C22H30N4O2.HI/c1-5-23-22(26(3)16-19-9-7-6-8-17(19)2)25-15-21(27)24-14-18-10-12-20(28-4)13-11-18;/h6-13H,5,14-16H2,1-4H3,(H,23,25)(H,24,27);1H. The van der Waals surface area contributed by atoms with Gasteiger partial charge < -0.3 is 20.3 Å². The zero-order chi connectivity index (χ0) is 20.4. The van der Waals surface area contributed by atoms with E-state index in [-0.39, 0.29) is 36.4 Å². The highest BCUT2D eigenvalue weighted by Gasteiger charge is 2.09. The topological polar surface area (TPSA) is 66.0 Å². The molecule has 2 aromatic carbocycles. The molecule has 0 aliphatic carbocycles. The number of ether oxygens (including phenoxy) is 1. The molecule has 0 radical (unpaired) electrons. The van der Waals surface area contributed by atoms with Crippen LogP contribution in [0.5, 0.6) is 5.75 Å². The van der Waals surface area contributed by atoms with Gasteiger partial charge in [0.2, 0.25) is 5.91 Å². The van der Waals surface area contributed by atoms with Crippen LogP contribution in [-0.2, 0) is 17.9 Å². The maximum absolute atomic E-state index is 12.2. The first-order valence-corrected chi connectivity index (χ1v) is 9.47. The second kappa shape index (κ2) is 13.0. The van der Waals surface area contributed by atoms with Gasteiger partial charge in [-0.25, -0.2) is 4.99 Å². The first kappa shape index (κ1) is 24.7. The lowest BCUT2D eigenvalue weighted by Gasteiger charge is -2.23. The van der Waals surface area contributed by atoms with Crippen LogP contribution in [0.4, 0.5) is 0 Å². The Morgan fingerprint density at radius 2 is 1.79 bits per heavy atom. The zero-order valence-electron chi connectivity index (χ0n) is 17.6. The van der Waals surface area contributed by atoms with Crippen molar-refractivity contribution in [3.8, 4) is 5.75 Å². The number of carbonyl (C=O) groups is 1. The van der Waals surface area contributed by atoms with E-state index in [9.17, 15) is 4.79 Å². The van der Waals surface area contributed by atoms with Crippen LogP contribution >= 0.6 is 24.0 Å². The molecular formula is C22H31IN4O2. The molecule has 0 spiro atoms. The molecule has 6 nitrogen and oxygen atoms in total. The van der Waals surface area contributed by atoms with Gasteiger partial charge in [0.25, 0.3) is 0 Å². The van der Waals surface area contributed by atoms with Crippen molar-refractivity contribution < 1.29 is 9.53 Å². The van der Waals surface area contributed by atoms with Crippen molar-refractivity contribution in [1.82, 2.24) is 15.5 Å². The number of hydrogen-bond acceptors (Lipinski definition) is 3. The van der Waals surface area contributed by atoms with E-state index in [2.05, 4.69) is 34.7 Å². The van der Waals surface area contributed by atoms with Crippen molar-refractivity contribution in [3.05, 3.63) is 65.2 Å². The van der Waals surface area contributed by atoms with Crippen LogP contribution in [0, 0.1) is 6.92 Å². The minimum Gasteiger partial charge on any atom is -0.497 e. The van der Waals surface area contributed by atoms with Crippen LogP contribution in [0.2, 0.25) is 0 Å². The Bertz CT molecular complexity index is 794. The number of carbonyl (C=O) groups excluding carboxylic acids is 1. The first-order chi connectivity index (χ1) is 13.5. The van der Waals surface area contributed by atoms with E-state index >= 15 is 0 Å². The number of halogens is 1. The van der Waals surface area contributed by atoms with Crippen LogP contribution in [0.3, 0.4) is 0 Å². The van der Waals surface area contributed by atoms with E-state index in [0.717, 1.165) is 24.4 Å². The molecule has 0 aliphatic rings. The summed E-state index contributed by atoms with van der Waals surface area (Å²) in [6.45, 7) is 6.13. The maximum atomic E-state index is 12.2. The van der Waals surface area contributed by atoms with Gasteiger partial charge in [0.1, 0.15) is 12.3 Å². The van der Waals surface area contributed by atoms with Crippen molar-refractivity contribution in [2.45, 2.75) is 26.9 Å². The summed E-state index contributed by atoms with van der Waals surface area (Å²) in [5.41, 5.74) is 3.49. The second-order valence-electron chi connectivity index (χ2n) is 6.58. The number of methoxy groups -OCH3 is 1. The number of rotatable bonds is 8. The lowest BCUT2D eigenvalue weighted by atomic mass is 10.1. The molecule has 0 bridgehead atoms. The molecule has 2 N–H and O–H groups in total. The van der Waals surface area contributed by atoms with Crippen molar-refractivity contribution in [3.63, 3.8) is 0 Å². The first-order valence-electron chi connectivity index (χ1n) is 9.47. The van der Waals surface area contributed by atoms with Crippen LogP contribution in [-0.4, -0.2) is 44.0 Å². The van der Waals surface area contributed by atoms with E-state index in [4.69, 9.17) is 4.74 Å². The average Bonchev–Trinajstić information content (AvgIpc) is 2.71. The Kier molecular flexibility index (Phi) is 11.1. The highest BCUT2D eigenvalue weighted by Crippen LogP contribution is 2.11. The van der Waals surface area contributed by atoms with Gasteiger partial charge in [-0.05, 0) is 42.7 Å². The molecule has 158 valence electrons. The Morgan fingerprint density at radius 3 is 2.41 bits per heavy atom. The summed E-state index contributed by atoms with van der Waals surface area (Å²) in [7, 11) is 3.61. The second-order valence-corrected chi connectivity index (χ2v) is 6.58. The van der Waals surface area contributed by atoms with E-state index in [1.165, 1.54) is 11.1 Å². The molecule has 0 saturated carbocycles. The van der Waals surface area contributed by atoms with Crippen LogP contribution in [0.15, 0.2) is 53.5 Å². The zero-order valence-corrected chi connectivity index (χ0v) is 19.9. The third-order valence-electron chi connectivity index (χ3n) is 4.39. The van der Waals surface area contributed by atoms with Gasteiger partial charge in [-0.3, -0.25) is 4.79 Å². The monoisotopic (exact) mass is 510 g/mol. The smallest absolute Gasteiger partial charge is 0.242 e. The molecular weight excluding hydrogens is 479 g/mol. The number of aliphatic imine (C=N–C) groups is 1. The summed E-state index contributed by atoms with van der Waals surface area (Å²) < 4.78 is 5.14. The van der Waals surface area contributed by atoms with E-state index in [1.54, 1.807) is 7.11 Å². The molecule has 2 aromatic rings. The minimum atomic E-state index is -0.115. The molecule has 0 aliphatic heterocycles. The number of guanidine groups is 1. The lowest BCUT2D eigenvalue weighted by Crippen LogP contribution is -2.39. The van der Waals surface area contributed by atoms with Gasteiger partial charge in [0.05, 0.1) is 7.11 Å². The van der Waals surface area contributed by atoms with Gasteiger partial charge in [0, 0.05) is 26.7 Å². The van der Waals surface area contributed by atoms with Crippen molar-refractivity contribution in [2.24, 2.45) is 4.99 Å². The van der Waals surface area contributed by atoms with Gasteiger partial charge in [-0.1, -0.05) is 36.4 Å². The van der Waals surface area contributed by atoms with Crippen LogP contribution in [0.1, 0.15) is 23.6 Å². The van der Waals surface area contributed by atoms with Crippen molar-refractivity contribution in [2.75, 3.05) is 27.2 Å². The van der Waals surface area contributed by atoms with E-state index in [1.807, 2.05) is 55.3 Å². The highest BCUT2D eigenvalue weighted by molar-refractivity contribution is 14.0. The summed E-state index contributed by atoms with van der Waals surface area (Å²) in [4.78, 5) is 18.7. The normalized spacial score (nSPS) is 10.7. The third-order valence-corrected chi connectivity index (χ3v) is 4.39. The highest BCUT2D eigenvalue weighted by atomic mass is 127. The summed E-state index contributed by atoms with van der Waals surface area (Å²) in [6.07, 6.45) is 0. The predicted molar refractivity (Wildman–Crippen MR) is 129 cm³/mol. The van der Waals surface area contributed by atoms with Gasteiger partial charge >= 0.3 is 0 Å². The molecule has 0 atom stereocenters. The van der Waals surface area contributed by atoms with Crippen LogP contribution < -0.4 is 15.4 Å². The quantitative estimate of drug-likeness (QED) is 0.325. The SMILES string of the molecule is CCNC(=NCC(=O)NCc1ccc(OC)cc1)N(C)Cc1ccccc1C.I. The average molecular weight is 510 g/mol. The molecule has 1 amide bonds. The molecule has 29 heavy (non-hydrogen) atoms. The number of nitrogens with zero attached hydrogens (tertiary/aromatic N) is 2. The number of amides is 1. The lowest BCUT2D eigenvalue weighted by molar-refractivity contribution is -0.119. The molecule has 7 heteroatoms. The molecule has 2 rings (SSSR count). The van der Waals surface area contributed by atoms with Crippen molar-refractivity contribution >= 4 is 35.8 Å². The summed E-state index contributed by atoms with van der Waals surface area (Å²) in [5, 5.41) is 6.14. The predicted octanol–water partition coefficient (Wildman–Crippen LogP) is 3.34. The third kappa shape index (κ3) is 8.31. The summed E-state index contributed by atoms with van der Waals surface area (Å²) in [6, 6.07) is 15.9. The van der Waals surface area contributed by atoms with E-state index in [0.29, 0.717) is 12.5 Å². The Hall–Kier alpha value is -2.29. The molecule has 0 unspecified atom stereocenters. The minimum absolute atomic E-state index is 0. The van der Waals surface area contributed by atoms with Crippen LogP contribution in [0.25, 0.3) is 0 Å². The summed E-state index contributed by atoms with van der Waals surface area (Å²) >= 11 is 0. The number of aryl methyl sites for hydroxylation is 1. The molecule has 0 aromatic heterocycles. The van der Waals surface area contributed by atoms with Gasteiger partial charge in [-0.2, -0.15) is 0 Å². The fourth-order valence-electron chi connectivity index (χ4n) is 2.73. The fraction of sp³-hybridized carbons (Fsp3) is 0.364. The van der Waals surface area contributed by atoms with Gasteiger partial charge in [0.15, 0.2) is 5.96 Å². The maximum Gasteiger partial charge on any atom is 0.242 e. The fourth-order valence-corrected chi connectivity index (χ4v) is 2.73. The number of nitrogens with one attached hydrogen (secondary N) is 2. The molecule has 0 fully saturated rings. The van der Waals surface area contributed by atoms with Crippen molar-refractivity contribution in [1.29, 1.82) is 0 Å². The Morgan fingerprint density at radius 1 is 1.10 bits per heavy atom. The molecule has 0 heterocycles.